The molecule has 8 nitrogen and oxygen atoms in total. The van der Waals surface area contributed by atoms with Crippen molar-refractivity contribution in [1.29, 1.82) is 0 Å². The zero-order chi connectivity index (χ0) is 29.8. The maximum Gasteiger partial charge on any atom is 0.309 e. The first-order chi connectivity index (χ1) is 20.2. The molecule has 5 aromatic rings. The van der Waals surface area contributed by atoms with Gasteiger partial charge in [0.2, 0.25) is 5.88 Å². The summed E-state index contributed by atoms with van der Waals surface area (Å²) in [5.74, 6) is -0.0436. The van der Waals surface area contributed by atoms with Gasteiger partial charge < -0.3 is 19.5 Å². The molecule has 0 saturated heterocycles. The van der Waals surface area contributed by atoms with E-state index in [0.29, 0.717) is 50.8 Å². The van der Waals surface area contributed by atoms with Gasteiger partial charge in [0.05, 0.1) is 25.5 Å². The Morgan fingerprint density at radius 2 is 1.52 bits per heavy atom. The topological polar surface area (TPSA) is 91.7 Å². The summed E-state index contributed by atoms with van der Waals surface area (Å²) in [7, 11) is 3.09. The van der Waals surface area contributed by atoms with Gasteiger partial charge in [-0.05, 0) is 72.3 Å². The Balaban J connectivity index is 1.65. The smallest absolute Gasteiger partial charge is 0.309 e. The summed E-state index contributed by atoms with van der Waals surface area (Å²) in [6, 6.07) is 25.1. The van der Waals surface area contributed by atoms with E-state index in [4.69, 9.17) is 19.3 Å². The van der Waals surface area contributed by atoms with Crippen LogP contribution in [0.1, 0.15) is 17.3 Å². The van der Waals surface area contributed by atoms with Crippen molar-refractivity contribution in [3.63, 3.8) is 0 Å². The maximum atomic E-state index is 13.8. The zero-order valence-corrected chi connectivity index (χ0v) is 24.4. The van der Waals surface area contributed by atoms with Crippen molar-refractivity contribution >= 4 is 33.5 Å². The Labute approximate surface area is 249 Å². The van der Waals surface area contributed by atoms with Gasteiger partial charge in [-0.2, -0.15) is 9.78 Å². The molecule has 0 radical (unpaired) electrons. The molecule has 0 fully saturated rings. The zero-order valence-electron chi connectivity index (χ0n) is 22.9. The van der Waals surface area contributed by atoms with Gasteiger partial charge in [-0.15, -0.1) is 0 Å². The standard InChI is InChI=1S/C32H25BrFN3O5/c1-19(38)42-32-29(20-7-11-25(12-8-20)35-31(39)21-5-4-6-23(33)15-21)30(22-16-27(40-2)18-28(17-22)41-3)36-37(32)26-13-9-24(34)10-14-26/h4-18H,1-3H3,(H,35,39). The third-order valence-electron chi connectivity index (χ3n) is 6.30. The van der Waals surface area contributed by atoms with E-state index in [-0.39, 0.29) is 11.8 Å². The van der Waals surface area contributed by atoms with Crippen LogP contribution in [0.15, 0.2) is 95.5 Å². The first-order valence-corrected chi connectivity index (χ1v) is 13.5. The molecule has 212 valence electrons. The van der Waals surface area contributed by atoms with E-state index in [1.807, 2.05) is 6.07 Å². The highest BCUT2D eigenvalue weighted by Crippen LogP contribution is 2.43. The number of methoxy groups -OCH3 is 2. The normalized spacial score (nSPS) is 10.7. The summed E-state index contributed by atoms with van der Waals surface area (Å²) in [5.41, 5.74) is 3.77. The lowest BCUT2D eigenvalue weighted by Crippen LogP contribution is -2.11. The fourth-order valence-corrected chi connectivity index (χ4v) is 4.75. The molecule has 1 N–H and O–H groups in total. The van der Waals surface area contributed by atoms with E-state index in [0.717, 1.165) is 4.47 Å². The van der Waals surface area contributed by atoms with Gasteiger partial charge in [0.15, 0.2) is 0 Å². The second kappa shape index (κ2) is 12.3. The van der Waals surface area contributed by atoms with Crippen LogP contribution in [0.25, 0.3) is 28.1 Å². The van der Waals surface area contributed by atoms with Crippen molar-refractivity contribution in [2.75, 3.05) is 19.5 Å². The molecule has 0 aliphatic carbocycles. The third kappa shape index (κ3) is 6.18. The molecule has 10 heteroatoms. The molecule has 0 saturated carbocycles. The van der Waals surface area contributed by atoms with E-state index >= 15 is 0 Å². The number of esters is 1. The molecule has 0 aliphatic heterocycles. The number of carbonyl (C=O) groups excluding carboxylic acids is 2. The van der Waals surface area contributed by atoms with Crippen molar-refractivity contribution in [1.82, 2.24) is 9.78 Å². The molecule has 0 spiro atoms. The molecule has 42 heavy (non-hydrogen) atoms. The summed E-state index contributed by atoms with van der Waals surface area (Å²) in [6.45, 7) is 1.29. The Morgan fingerprint density at radius 3 is 2.12 bits per heavy atom. The Kier molecular flexibility index (Phi) is 8.35. The van der Waals surface area contributed by atoms with E-state index in [9.17, 15) is 14.0 Å². The average molecular weight is 630 g/mol. The predicted molar refractivity (Wildman–Crippen MR) is 161 cm³/mol. The lowest BCUT2D eigenvalue weighted by atomic mass is 10.0. The lowest BCUT2D eigenvalue weighted by molar-refractivity contribution is -0.132. The van der Waals surface area contributed by atoms with Crippen LogP contribution in [0.4, 0.5) is 10.1 Å². The number of hydrogen-bond acceptors (Lipinski definition) is 6. The molecule has 1 amide bonds. The van der Waals surface area contributed by atoms with Crippen molar-refractivity contribution < 1.29 is 28.2 Å². The Morgan fingerprint density at radius 1 is 0.857 bits per heavy atom. The number of nitrogens with zero attached hydrogens (tertiary/aromatic N) is 2. The number of aromatic nitrogens is 2. The molecule has 0 bridgehead atoms. The van der Waals surface area contributed by atoms with Crippen LogP contribution in [0, 0.1) is 5.82 Å². The minimum Gasteiger partial charge on any atom is -0.497 e. The summed E-state index contributed by atoms with van der Waals surface area (Å²) in [4.78, 5) is 25.1. The van der Waals surface area contributed by atoms with Crippen LogP contribution in [0.2, 0.25) is 0 Å². The molecule has 1 heterocycles. The minimum absolute atomic E-state index is 0.136. The fraction of sp³-hybridized carbons (Fsp3) is 0.0938. The van der Waals surface area contributed by atoms with E-state index in [1.54, 1.807) is 74.9 Å². The van der Waals surface area contributed by atoms with Gasteiger partial charge in [0, 0.05) is 34.3 Å². The average Bonchev–Trinajstić information content (AvgIpc) is 3.36. The largest absolute Gasteiger partial charge is 0.497 e. The van der Waals surface area contributed by atoms with E-state index in [2.05, 4.69) is 21.2 Å². The molecule has 0 aliphatic rings. The van der Waals surface area contributed by atoms with Crippen molar-refractivity contribution in [3.8, 4) is 45.5 Å². The number of nitrogens with one attached hydrogen (secondary N) is 1. The van der Waals surface area contributed by atoms with Gasteiger partial charge >= 0.3 is 5.97 Å². The molecular formula is C32H25BrFN3O5. The maximum absolute atomic E-state index is 13.8. The van der Waals surface area contributed by atoms with Crippen LogP contribution < -0.4 is 19.5 Å². The van der Waals surface area contributed by atoms with Crippen molar-refractivity contribution in [2.45, 2.75) is 6.92 Å². The summed E-state index contributed by atoms with van der Waals surface area (Å²) in [6.07, 6.45) is 0. The second-order valence-electron chi connectivity index (χ2n) is 9.15. The van der Waals surface area contributed by atoms with Gasteiger partial charge in [-0.25, -0.2) is 4.39 Å². The van der Waals surface area contributed by atoms with Crippen LogP contribution in [-0.2, 0) is 4.79 Å². The molecular weight excluding hydrogens is 605 g/mol. The van der Waals surface area contributed by atoms with Crippen molar-refractivity contribution in [3.05, 3.63) is 107 Å². The second-order valence-corrected chi connectivity index (χ2v) is 10.1. The highest BCUT2D eigenvalue weighted by molar-refractivity contribution is 9.10. The van der Waals surface area contributed by atoms with Crippen LogP contribution >= 0.6 is 15.9 Å². The van der Waals surface area contributed by atoms with Gasteiger partial charge in [0.25, 0.3) is 5.91 Å². The lowest BCUT2D eigenvalue weighted by Gasteiger charge is -2.11. The summed E-state index contributed by atoms with van der Waals surface area (Å²) >= 11 is 3.38. The quantitative estimate of drug-likeness (QED) is 0.181. The number of anilines is 1. The highest BCUT2D eigenvalue weighted by Gasteiger charge is 2.25. The number of carbonyl (C=O) groups is 2. The number of amides is 1. The van der Waals surface area contributed by atoms with Crippen LogP contribution in [0.3, 0.4) is 0 Å². The van der Waals surface area contributed by atoms with Crippen LogP contribution in [-0.4, -0.2) is 35.9 Å². The number of ether oxygens (including phenoxy) is 3. The molecule has 5 rings (SSSR count). The van der Waals surface area contributed by atoms with Gasteiger partial charge in [0.1, 0.15) is 23.0 Å². The summed E-state index contributed by atoms with van der Waals surface area (Å²) in [5, 5.41) is 7.70. The number of rotatable bonds is 8. The third-order valence-corrected chi connectivity index (χ3v) is 6.79. The molecule has 4 aromatic carbocycles. The monoisotopic (exact) mass is 629 g/mol. The first kappa shape index (κ1) is 28.6. The van der Waals surface area contributed by atoms with E-state index in [1.165, 1.54) is 35.9 Å². The fourth-order valence-electron chi connectivity index (χ4n) is 4.35. The van der Waals surface area contributed by atoms with Crippen LogP contribution in [0.5, 0.6) is 17.4 Å². The highest BCUT2D eigenvalue weighted by atomic mass is 79.9. The van der Waals surface area contributed by atoms with E-state index < -0.39 is 11.8 Å². The molecule has 0 atom stereocenters. The van der Waals surface area contributed by atoms with Crippen molar-refractivity contribution in [2.24, 2.45) is 0 Å². The summed E-state index contributed by atoms with van der Waals surface area (Å²) < 4.78 is 32.7. The molecule has 1 aromatic heterocycles. The number of benzene rings is 4. The minimum atomic E-state index is -0.563. The van der Waals surface area contributed by atoms with Gasteiger partial charge in [-0.1, -0.05) is 34.1 Å². The predicted octanol–water partition coefficient (Wildman–Crippen LogP) is 7.30. The SMILES string of the molecule is COc1cc(OC)cc(-c2nn(-c3ccc(F)cc3)c(OC(C)=O)c2-c2ccc(NC(=O)c3cccc(Br)c3)cc2)c1. The van der Waals surface area contributed by atoms with Gasteiger partial charge in [-0.3, -0.25) is 9.59 Å². The number of hydrogen-bond donors (Lipinski definition) is 1. The Hall–Kier alpha value is -4.96. The number of halogens is 2. The molecule has 0 unspecified atom stereocenters. The first-order valence-electron chi connectivity index (χ1n) is 12.7. The Bertz CT molecular complexity index is 1750.